The molecule has 1 amide bonds. The zero-order valence-corrected chi connectivity index (χ0v) is 21.5. The van der Waals surface area contributed by atoms with Crippen LogP contribution < -0.4 is 15.0 Å². The van der Waals surface area contributed by atoms with Crippen LogP contribution in [0.4, 0.5) is 0 Å². The van der Waals surface area contributed by atoms with Crippen molar-refractivity contribution in [3.05, 3.63) is 75.8 Å². The molecule has 1 aliphatic heterocycles. The monoisotopic (exact) mass is 507 g/mol. The minimum atomic E-state index is -0.757. The third kappa shape index (κ3) is 5.61. The van der Waals surface area contributed by atoms with Crippen LogP contribution in [0.15, 0.2) is 53.3 Å². The molecule has 1 N–H and O–H groups in total. The van der Waals surface area contributed by atoms with E-state index in [1.165, 1.54) is 23.7 Å². The maximum Gasteiger partial charge on any atom is 0.289 e. The van der Waals surface area contributed by atoms with E-state index in [-0.39, 0.29) is 11.7 Å². The Morgan fingerprint density at radius 1 is 1.08 bits per heavy atom. The Morgan fingerprint density at radius 2 is 1.78 bits per heavy atom. The van der Waals surface area contributed by atoms with Gasteiger partial charge in [-0.2, -0.15) is 4.98 Å². The molecule has 1 aliphatic rings. The number of likely N-dealkylation sites (tertiary alicyclic amines) is 1. The summed E-state index contributed by atoms with van der Waals surface area (Å²) in [6.07, 6.45) is 2.49. The van der Waals surface area contributed by atoms with Crippen molar-refractivity contribution in [1.29, 1.82) is 0 Å². The van der Waals surface area contributed by atoms with Crippen LogP contribution in [0.2, 0.25) is 0 Å². The van der Waals surface area contributed by atoms with Crippen molar-refractivity contribution in [2.24, 2.45) is 0 Å². The van der Waals surface area contributed by atoms with E-state index in [0.717, 1.165) is 18.4 Å². The van der Waals surface area contributed by atoms with E-state index < -0.39 is 17.3 Å². The van der Waals surface area contributed by atoms with Gasteiger partial charge in [-0.3, -0.25) is 14.2 Å². The molecular weight excluding hydrogens is 474 g/mol. The van der Waals surface area contributed by atoms with E-state index in [0.29, 0.717) is 55.5 Å². The van der Waals surface area contributed by atoms with Gasteiger partial charge in [0.05, 0.1) is 26.9 Å². The molecule has 0 saturated carbocycles. The van der Waals surface area contributed by atoms with E-state index in [9.17, 15) is 14.7 Å². The van der Waals surface area contributed by atoms with Gasteiger partial charge in [-0.1, -0.05) is 49.7 Å². The molecule has 0 spiro atoms. The number of unbranched alkanes of at least 4 members (excludes halogenated alkanes) is 1. The summed E-state index contributed by atoms with van der Waals surface area (Å²) in [5.41, 5.74) is 0.290. The number of carbonyl (C=O) groups is 1. The number of rotatable bonds is 10. The Kier molecular flexibility index (Phi) is 8.45. The number of carbonyl (C=O) groups excluding carboxylic acids is 1. The molecule has 0 radical (unpaired) electrons. The van der Waals surface area contributed by atoms with Crippen molar-refractivity contribution < 1.29 is 24.1 Å². The highest BCUT2D eigenvalue weighted by molar-refractivity contribution is 5.96. The van der Waals surface area contributed by atoms with Crippen LogP contribution in [0.1, 0.15) is 47.9 Å². The van der Waals surface area contributed by atoms with E-state index >= 15 is 0 Å². The van der Waals surface area contributed by atoms with Crippen molar-refractivity contribution in [2.45, 2.75) is 45.3 Å². The molecule has 9 heteroatoms. The Labute approximate surface area is 216 Å². The van der Waals surface area contributed by atoms with Crippen LogP contribution in [-0.2, 0) is 17.8 Å². The minimum absolute atomic E-state index is 0.167. The van der Waals surface area contributed by atoms with E-state index in [2.05, 4.69) is 4.98 Å². The number of amides is 1. The van der Waals surface area contributed by atoms with Crippen LogP contribution in [0.5, 0.6) is 17.4 Å². The number of ether oxygens (including phenoxy) is 3. The van der Waals surface area contributed by atoms with Gasteiger partial charge in [0.1, 0.15) is 23.0 Å². The normalized spacial score (nSPS) is 15.1. The van der Waals surface area contributed by atoms with Crippen molar-refractivity contribution in [3.8, 4) is 23.1 Å². The lowest BCUT2D eigenvalue weighted by atomic mass is 10.2. The fourth-order valence-electron chi connectivity index (χ4n) is 4.52. The first-order valence-corrected chi connectivity index (χ1v) is 12.5. The number of aryl methyl sites for hydroxylation is 1. The van der Waals surface area contributed by atoms with Crippen LogP contribution in [-0.4, -0.2) is 58.9 Å². The Morgan fingerprint density at radius 3 is 2.43 bits per heavy atom. The first-order valence-electron chi connectivity index (χ1n) is 12.5. The van der Waals surface area contributed by atoms with E-state index in [4.69, 9.17) is 14.2 Å². The van der Waals surface area contributed by atoms with Crippen molar-refractivity contribution >= 4 is 5.91 Å². The molecule has 0 aliphatic carbocycles. The number of hydrogen-bond acceptors (Lipinski definition) is 7. The number of aromatic nitrogens is 2. The van der Waals surface area contributed by atoms with Crippen LogP contribution >= 0.6 is 0 Å². The number of nitrogens with zero attached hydrogens (tertiary/aromatic N) is 3. The number of benzene rings is 2. The maximum absolute atomic E-state index is 13.5. The molecule has 3 aromatic rings. The molecule has 1 saturated heterocycles. The van der Waals surface area contributed by atoms with Crippen LogP contribution in [0.25, 0.3) is 5.69 Å². The second-order valence-electron chi connectivity index (χ2n) is 8.94. The molecule has 1 atom stereocenters. The molecule has 1 aromatic heterocycles. The predicted octanol–water partition coefficient (Wildman–Crippen LogP) is 3.73. The summed E-state index contributed by atoms with van der Waals surface area (Å²) in [7, 11) is 3.01. The summed E-state index contributed by atoms with van der Waals surface area (Å²) in [5, 5.41) is 11.4. The van der Waals surface area contributed by atoms with E-state index in [1.807, 2.05) is 37.3 Å². The quantitative estimate of drug-likeness (QED) is 0.446. The average Bonchev–Trinajstić information content (AvgIpc) is 3.40. The predicted molar refractivity (Wildman–Crippen MR) is 139 cm³/mol. The molecule has 37 heavy (non-hydrogen) atoms. The van der Waals surface area contributed by atoms with Gasteiger partial charge >= 0.3 is 0 Å². The van der Waals surface area contributed by atoms with Gasteiger partial charge in [0.2, 0.25) is 5.88 Å². The Hall–Kier alpha value is -3.85. The molecule has 1 fully saturated rings. The third-order valence-electron chi connectivity index (χ3n) is 6.49. The zero-order valence-electron chi connectivity index (χ0n) is 21.5. The Balaban J connectivity index is 1.67. The fraction of sp³-hybridized carbons (Fsp3) is 0.393. The summed E-state index contributed by atoms with van der Waals surface area (Å²) < 4.78 is 18.5. The molecule has 2 heterocycles. The second-order valence-corrected chi connectivity index (χ2v) is 8.94. The SMILES string of the molecule is CCCCc1nc(=O)c(C(=O)N2CC[C@@H](OCc3ccccc3)C2)c(O)n1-c1c(OC)cccc1OC. The molecule has 0 unspecified atom stereocenters. The van der Waals surface area contributed by atoms with Crippen LogP contribution in [0.3, 0.4) is 0 Å². The Bertz CT molecular complexity index is 1270. The van der Waals surface area contributed by atoms with Gasteiger partial charge in [-0.05, 0) is 30.5 Å². The summed E-state index contributed by atoms with van der Waals surface area (Å²) in [4.78, 5) is 32.4. The lowest BCUT2D eigenvalue weighted by Crippen LogP contribution is -2.35. The fourth-order valence-corrected chi connectivity index (χ4v) is 4.52. The average molecular weight is 508 g/mol. The van der Waals surface area contributed by atoms with Gasteiger partial charge in [0.15, 0.2) is 5.56 Å². The number of hydrogen-bond donors (Lipinski definition) is 1. The maximum atomic E-state index is 13.5. The molecule has 4 rings (SSSR count). The number of para-hydroxylation sites is 1. The standard InChI is InChI=1S/C28H33N3O6/c1-4-5-14-23-29-26(32)24(28(34)31(23)25-21(35-2)12-9-13-22(25)36-3)27(33)30-16-15-20(17-30)37-18-19-10-7-6-8-11-19/h6-13,20,34H,4-5,14-18H2,1-3H3/t20-/m1/s1. The lowest BCUT2D eigenvalue weighted by molar-refractivity contribution is 0.0436. The number of methoxy groups -OCH3 is 2. The topological polar surface area (TPSA) is 103 Å². The van der Waals surface area contributed by atoms with Gasteiger partial charge in [0, 0.05) is 19.5 Å². The first-order chi connectivity index (χ1) is 18.0. The van der Waals surface area contributed by atoms with Crippen molar-refractivity contribution in [1.82, 2.24) is 14.5 Å². The third-order valence-corrected chi connectivity index (χ3v) is 6.49. The summed E-state index contributed by atoms with van der Waals surface area (Å²) in [6.45, 7) is 3.19. The van der Waals surface area contributed by atoms with E-state index in [1.54, 1.807) is 18.2 Å². The smallest absolute Gasteiger partial charge is 0.289 e. The lowest BCUT2D eigenvalue weighted by Gasteiger charge is -2.22. The van der Waals surface area contributed by atoms with Crippen molar-refractivity contribution in [2.75, 3.05) is 27.3 Å². The molecular formula is C28H33N3O6. The van der Waals surface area contributed by atoms with Gasteiger partial charge in [-0.15, -0.1) is 0 Å². The summed E-state index contributed by atoms with van der Waals surface area (Å²) in [5.74, 6) is 0.0887. The molecule has 2 aromatic carbocycles. The second kappa shape index (κ2) is 11.9. The minimum Gasteiger partial charge on any atom is -0.494 e. The summed E-state index contributed by atoms with van der Waals surface area (Å²) >= 11 is 0. The molecule has 196 valence electrons. The highest BCUT2D eigenvalue weighted by Gasteiger charge is 2.33. The zero-order chi connectivity index (χ0) is 26.4. The van der Waals surface area contributed by atoms with Crippen LogP contribution in [0, 0.1) is 0 Å². The molecule has 9 nitrogen and oxygen atoms in total. The number of aromatic hydroxyl groups is 1. The highest BCUT2D eigenvalue weighted by Crippen LogP contribution is 2.36. The van der Waals surface area contributed by atoms with Gasteiger partial charge < -0.3 is 24.2 Å². The largest absolute Gasteiger partial charge is 0.494 e. The highest BCUT2D eigenvalue weighted by atomic mass is 16.5. The molecule has 0 bridgehead atoms. The van der Waals surface area contributed by atoms with Gasteiger partial charge in [0.25, 0.3) is 11.5 Å². The van der Waals surface area contributed by atoms with Crippen molar-refractivity contribution in [3.63, 3.8) is 0 Å². The summed E-state index contributed by atoms with van der Waals surface area (Å²) in [6, 6.07) is 15.0. The van der Waals surface area contributed by atoms with Gasteiger partial charge in [-0.25, -0.2) is 0 Å². The first kappa shape index (κ1) is 26.2.